The van der Waals surface area contributed by atoms with Crippen molar-refractivity contribution in [3.63, 3.8) is 0 Å². The Morgan fingerprint density at radius 1 is 0.672 bits per heavy atom. The number of halogens is 3. The normalized spacial score (nSPS) is 15.2. The quantitative estimate of drug-likeness (QED) is 0.0282. The molecule has 4 aromatic carbocycles. The molecule has 64 heavy (non-hydrogen) atoms. The minimum atomic E-state index is -1.21. The van der Waals surface area contributed by atoms with Crippen LogP contribution >= 0.6 is 11.6 Å². The Hall–Kier alpha value is -7.00. The second kappa shape index (κ2) is 24.0. The van der Waals surface area contributed by atoms with Gasteiger partial charge < -0.3 is 32.3 Å². The summed E-state index contributed by atoms with van der Waals surface area (Å²) in [6, 6.07) is 26.0. The summed E-state index contributed by atoms with van der Waals surface area (Å²) in [5, 5.41) is 8.23. The molecule has 5 rings (SSSR count). The number of nitrogens with zero attached hydrogens (tertiary/aromatic N) is 2. The number of hydrogen-bond acceptors (Lipinski definition) is 7. The molecular formula is C48H50ClF2N7O6. The lowest BCUT2D eigenvalue weighted by Gasteiger charge is -2.30. The minimum absolute atomic E-state index is 0.0207. The third-order valence-corrected chi connectivity index (χ3v) is 10.6. The molecule has 7 N–H and O–H groups in total. The van der Waals surface area contributed by atoms with E-state index in [0.717, 1.165) is 0 Å². The summed E-state index contributed by atoms with van der Waals surface area (Å²) in [5.74, 6) is -5.11. The molecule has 0 saturated carbocycles. The highest BCUT2D eigenvalue weighted by atomic mass is 35.5. The van der Waals surface area contributed by atoms with E-state index in [1.165, 1.54) is 53.5 Å². The Kier molecular flexibility index (Phi) is 18.0. The molecule has 16 heteroatoms. The molecule has 1 fully saturated rings. The smallest absolute Gasteiger partial charge is 0.243 e. The standard InChI is InChI=1S/C48H50ClF2N7O6/c49-28-42(59)39(20-11-23-54-48(52)53)56-47(64)41(25-32-14-5-2-6-15-32)57-46(63)40(24-31-12-3-1-4-13-31)55-43(60)21-22-44(61)58-29-35(26-33-16-7-9-18-37(33)50)45(62)36(30-58)27-34-17-8-10-19-38(34)51/h1-10,12-19,26-27,39-41H,11,20-25,28-30H2,(H,55,60)(H,56,64)(H,57,63)(H4,52,53,54)/t39-,40+,41?/m0/s1. The van der Waals surface area contributed by atoms with Gasteiger partial charge in [-0.15, -0.1) is 11.6 Å². The Balaban J connectivity index is 1.33. The number of carbonyl (C=O) groups excluding carboxylic acids is 6. The lowest BCUT2D eigenvalue weighted by atomic mass is 9.93. The molecule has 1 aliphatic rings. The number of piperidine rings is 1. The van der Waals surface area contributed by atoms with Gasteiger partial charge in [-0.3, -0.25) is 33.8 Å². The lowest BCUT2D eigenvalue weighted by Crippen LogP contribution is -2.57. The molecule has 3 atom stereocenters. The Bertz CT molecular complexity index is 2320. The van der Waals surface area contributed by atoms with E-state index in [-0.39, 0.29) is 85.9 Å². The minimum Gasteiger partial charge on any atom is -0.370 e. The molecule has 0 aliphatic carbocycles. The number of benzene rings is 4. The number of likely N-dealkylation sites (tertiary alicyclic amines) is 1. The van der Waals surface area contributed by atoms with E-state index in [2.05, 4.69) is 20.9 Å². The number of aliphatic imine (C=N–C) groups is 1. The van der Waals surface area contributed by atoms with Gasteiger partial charge in [-0.2, -0.15) is 0 Å². The van der Waals surface area contributed by atoms with Gasteiger partial charge in [-0.05, 0) is 48.3 Å². The van der Waals surface area contributed by atoms with Gasteiger partial charge >= 0.3 is 0 Å². The molecule has 1 unspecified atom stereocenters. The number of amides is 4. The molecule has 0 bridgehead atoms. The summed E-state index contributed by atoms with van der Waals surface area (Å²) < 4.78 is 29.4. The van der Waals surface area contributed by atoms with Gasteiger partial charge in [0.25, 0.3) is 0 Å². The number of guanidine groups is 1. The maximum Gasteiger partial charge on any atom is 0.243 e. The van der Waals surface area contributed by atoms with Crippen LogP contribution in [0.5, 0.6) is 0 Å². The number of carbonyl (C=O) groups is 6. The SMILES string of the molecule is NC(N)=NCCC[C@H](NC(=O)C(Cc1ccccc1)NC(=O)[C@@H](Cc1ccccc1)NC(=O)CCC(=O)N1CC(=Cc2ccccc2F)C(=O)C(=Cc2ccccc2F)C1)C(=O)CCl. The highest BCUT2D eigenvalue weighted by Crippen LogP contribution is 2.25. The van der Waals surface area contributed by atoms with Gasteiger partial charge in [-0.1, -0.05) is 97.1 Å². The van der Waals surface area contributed by atoms with Crippen LogP contribution in [0.2, 0.25) is 0 Å². The van der Waals surface area contributed by atoms with E-state index in [0.29, 0.717) is 17.5 Å². The number of Topliss-reactive ketones (excluding diaryl/α,β-unsaturated/α-hetero) is 2. The fourth-order valence-corrected chi connectivity index (χ4v) is 7.18. The zero-order valence-electron chi connectivity index (χ0n) is 35.0. The molecule has 1 aliphatic heterocycles. The van der Waals surface area contributed by atoms with Crippen LogP contribution in [0.25, 0.3) is 12.2 Å². The fourth-order valence-electron chi connectivity index (χ4n) is 6.99. The largest absolute Gasteiger partial charge is 0.370 e. The van der Waals surface area contributed by atoms with E-state index in [1.807, 2.05) is 0 Å². The number of nitrogens with two attached hydrogens (primary N) is 2. The second-order valence-electron chi connectivity index (χ2n) is 15.1. The number of rotatable bonds is 20. The Labute approximate surface area is 375 Å². The third kappa shape index (κ3) is 14.5. The van der Waals surface area contributed by atoms with Crippen LogP contribution < -0.4 is 27.4 Å². The van der Waals surface area contributed by atoms with Crippen molar-refractivity contribution < 1.29 is 37.5 Å². The molecule has 4 aromatic rings. The second-order valence-corrected chi connectivity index (χ2v) is 15.4. The highest BCUT2D eigenvalue weighted by Gasteiger charge is 2.32. The van der Waals surface area contributed by atoms with E-state index < -0.39 is 65.0 Å². The molecule has 0 spiro atoms. The van der Waals surface area contributed by atoms with E-state index in [9.17, 15) is 37.5 Å². The Morgan fingerprint density at radius 2 is 1.14 bits per heavy atom. The predicted octanol–water partition coefficient (Wildman–Crippen LogP) is 4.42. The van der Waals surface area contributed by atoms with Crippen molar-refractivity contribution in [3.8, 4) is 0 Å². The molecule has 0 radical (unpaired) electrons. The van der Waals surface area contributed by atoms with Crippen molar-refractivity contribution >= 4 is 64.9 Å². The van der Waals surface area contributed by atoms with Gasteiger partial charge in [0.1, 0.15) is 23.7 Å². The molecule has 1 heterocycles. The van der Waals surface area contributed by atoms with Crippen molar-refractivity contribution in [1.29, 1.82) is 0 Å². The number of nitrogens with one attached hydrogen (secondary N) is 3. The molecule has 1 saturated heterocycles. The van der Waals surface area contributed by atoms with Crippen molar-refractivity contribution in [3.05, 3.63) is 154 Å². The van der Waals surface area contributed by atoms with E-state index in [1.54, 1.807) is 72.8 Å². The van der Waals surface area contributed by atoms with Crippen molar-refractivity contribution in [2.24, 2.45) is 16.5 Å². The van der Waals surface area contributed by atoms with Gasteiger partial charge in [0.15, 0.2) is 17.5 Å². The summed E-state index contributed by atoms with van der Waals surface area (Å²) in [6.45, 7) is -0.181. The first kappa shape index (κ1) is 48.0. The molecule has 334 valence electrons. The average molecular weight is 894 g/mol. The first-order valence-electron chi connectivity index (χ1n) is 20.7. The van der Waals surface area contributed by atoms with Crippen LogP contribution in [-0.2, 0) is 41.6 Å². The Morgan fingerprint density at radius 3 is 1.62 bits per heavy atom. The van der Waals surface area contributed by atoms with Gasteiger partial charge in [0, 0.05) is 67.6 Å². The van der Waals surface area contributed by atoms with Gasteiger partial charge in [-0.25, -0.2) is 8.78 Å². The van der Waals surface area contributed by atoms with Crippen LogP contribution in [0.4, 0.5) is 8.78 Å². The zero-order valence-corrected chi connectivity index (χ0v) is 35.7. The average Bonchev–Trinajstić information content (AvgIpc) is 3.29. The van der Waals surface area contributed by atoms with E-state index in [4.69, 9.17) is 23.1 Å². The summed E-state index contributed by atoms with van der Waals surface area (Å²) in [6.07, 6.45) is 2.58. The maximum atomic E-state index is 14.7. The molecule has 4 amide bonds. The van der Waals surface area contributed by atoms with Crippen LogP contribution in [-0.4, -0.2) is 89.7 Å². The van der Waals surface area contributed by atoms with Crippen LogP contribution in [0.15, 0.2) is 125 Å². The van der Waals surface area contributed by atoms with Crippen molar-refractivity contribution in [1.82, 2.24) is 20.9 Å². The number of ketones is 2. The number of alkyl halides is 1. The van der Waals surface area contributed by atoms with E-state index >= 15 is 0 Å². The van der Waals surface area contributed by atoms with Crippen molar-refractivity contribution in [2.75, 3.05) is 25.5 Å². The van der Waals surface area contributed by atoms with Crippen LogP contribution in [0.1, 0.15) is 47.9 Å². The molecule has 0 aromatic heterocycles. The fraction of sp³-hybridized carbons (Fsp3) is 0.271. The van der Waals surface area contributed by atoms with Crippen molar-refractivity contribution in [2.45, 2.75) is 56.7 Å². The van der Waals surface area contributed by atoms with Gasteiger partial charge in [0.2, 0.25) is 23.6 Å². The third-order valence-electron chi connectivity index (χ3n) is 10.3. The topological polar surface area (TPSA) is 206 Å². The van der Waals surface area contributed by atoms with Crippen LogP contribution in [0, 0.1) is 11.6 Å². The summed E-state index contributed by atoms with van der Waals surface area (Å²) in [7, 11) is 0. The monoisotopic (exact) mass is 893 g/mol. The zero-order chi connectivity index (χ0) is 46.0. The predicted molar refractivity (Wildman–Crippen MR) is 241 cm³/mol. The summed E-state index contributed by atoms with van der Waals surface area (Å²) in [4.78, 5) is 87.2. The lowest BCUT2D eigenvalue weighted by molar-refractivity contribution is -0.135. The maximum absolute atomic E-state index is 14.7. The molecular weight excluding hydrogens is 844 g/mol. The van der Waals surface area contributed by atoms with Gasteiger partial charge in [0.05, 0.1) is 11.9 Å². The summed E-state index contributed by atoms with van der Waals surface area (Å²) >= 11 is 5.89. The summed E-state index contributed by atoms with van der Waals surface area (Å²) in [5.41, 5.74) is 12.7. The number of hydrogen-bond donors (Lipinski definition) is 5. The highest BCUT2D eigenvalue weighted by molar-refractivity contribution is 6.28. The van der Waals surface area contributed by atoms with Crippen LogP contribution in [0.3, 0.4) is 0 Å². The first-order valence-corrected chi connectivity index (χ1v) is 21.2. The first-order chi connectivity index (χ1) is 30.8. The molecule has 13 nitrogen and oxygen atoms in total.